The van der Waals surface area contributed by atoms with Gasteiger partial charge in [-0.1, -0.05) is 18.2 Å². The quantitative estimate of drug-likeness (QED) is 0.184. The Bertz CT molecular complexity index is 1120. The second-order valence-corrected chi connectivity index (χ2v) is 8.33. The minimum Gasteiger partial charge on any atom is -1.00 e. The number of aliphatic carboxylic acids is 1. The van der Waals surface area contributed by atoms with Gasteiger partial charge in [-0.05, 0) is 35.4 Å². The Morgan fingerprint density at radius 2 is 1.57 bits per heavy atom. The molecule has 0 saturated carbocycles. The van der Waals surface area contributed by atoms with Crippen LogP contribution in [0.5, 0.6) is 11.5 Å². The Morgan fingerprint density at radius 1 is 0.914 bits per heavy atom. The number of hydrogen-bond acceptors (Lipinski definition) is 3. The largest absolute Gasteiger partial charge is 1.00 e. The van der Waals surface area contributed by atoms with Gasteiger partial charge in [0.1, 0.15) is 24.1 Å². The minimum absolute atomic E-state index is 0. The van der Waals surface area contributed by atoms with E-state index in [1.807, 2.05) is 21.3 Å². The van der Waals surface area contributed by atoms with E-state index in [4.69, 9.17) is 32.4 Å². The van der Waals surface area contributed by atoms with Crippen LogP contribution in [0, 0.1) is 0 Å². The fourth-order valence-corrected chi connectivity index (χ4v) is 4.20. The average molecular weight is 525 g/mol. The van der Waals surface area contributed by atoms with Crippen LogP contribution in [0.1, 0.15) is 29.2 Å². The monoisotopic (exact) mass is 524 g/mol. The molecule has 2 atom stereocenters. The molecule has 9 N–H and O–H groups in total. The van der Waals surface area contributed by atoms with Gasteiger partial charge in [-0.3, -0.25) is 32.1 Å². The van der Waals surface area contributed by atoms with E-state index in [1.165, 1.54) is 5.56 Å². The van der Waals surface area contributed by atoms with Crippen LogP contribution in [0.4, 0.5) is 0 Å². The number of nitrogens with zero attached hydrogens (tertiary/aromatic N) is 2. The third-order valence-corrected chi connectivity index (χ3v) is 6.03. The molecule has 1 saturated heterocycles. The molecule has 1 fully saturated rings. The van der Waals surface area contributed by atoms with Crippen molar-refractivity contribution in [3.63, 3.8) is 0 Å². The topological polar surface area (TPSA) is 166 Å². The first-order chi connectivity index (χ1) is 15.8. The Kier molecular flexibility index (Phi) is 9.44. The SMILES string of the molecule is NC(N)=[N+]1CCc2ccc(OC(C(=O)O)c3ccc(O[C@H]4CC[N+](=C(N)N)C4)cc3)cc2C1.[Cl-].[Cl-]. The van der Waals surface area contributed by atoms with Crippen LogP contribution in [-0.2, 0) is 17.8 Å². The lowest BCUT2D eigenvalue weighted by molar-refractivity contribution is -0.549. The van der Waals surface area contributed by atoms with Gasteiger partial charge in [0, 0.05) is 18.4 Å². The molecule has 190 valence electrons. The molecule has 0 aliphatic carbocycles. The van der Waals surface area contributed by atoms with Crippen LogP contribution in [-0.4, -0.2) is 57.9 Å². The average Bonchev–Trinajstić information content (AvgIpc) is 3.26. The van der Waals surface area contributed by atoms with Crippen LogP contribution in [0.3, 0.4) is 0 Å². The molecule has 12 heteroatoms. The smallest absolute Gasteiger partial charge is 0.349 e. The van der Waals surface area contributed by atoms with Gasteiger partial charge in [-0.15, -0.1) is 0 Å². The molecule has 2 aliphatic heterocycles. The number of fused-ring (bicyclic) bond motifs is 1. The van der Waals surface area contributed by atoms with E-state index in [-0.39, 0.29) is 42.8 Å². The summed E-state index contributed by atoms with van der Waals surface area (Å²) in [7, 11) is 0. The fourth-order valence-electron chi connectivity index (χ4n) is 4.20. The molecule has 2 aromatic carbocycles. The number of halogens is 2. The summed E-state index contributed by atoms with van der Waals surface area (Å²) in [6, 6.07) is 12.5. The number of ether oxygens (including phenoxy) is 2. The van der Waals surface area contributed by atoms with Gasteiger partial charge in [0.25, 0.3) is 0 Å². The number of carboxylic acid groups (broad SMARTS) is 1. The molecular formula is C23H30Cl2N6O4. The van der Waals surface area contributed by atoms with Crippen LogP contribution >= 0.6 is 0 Å². The number of rotatable bonds is 6. The van der Waals surface area contributed by atoms with Crippen molar-refractivity contribution in [2.45, 2.75) is 31.6 Å². The predicted molar refractivity (Wildman–Crippen MR) is 122 cm³/mol. The summed E-state index contributed by atoms with van der Waals surface area (Å²) in [4.78, 5) is 12.0. The molecule has 0 radical (unpaired) electrons. The summed E-state index contributed by atoms with van der Waals surface area (Å²) >= 11 is 0. The second kappa shape index (κ2) is 11.9. The van der Waals surface area contributed by atoms with Crippen molar-refractivity contribution in [3.05, 3.63) is 59.2 Å². The summed E-state index contributed by atoms with van der Waals surface area (Å²) in [5, 5.41) is 9.79. The molecule has 2 aromatic rings. The molecule has 0 amide bonds. The maximum absolute atomic E-state index is 12.0. The van der Waals surface area contributed by atoms with Crippen molar-refractivity contribution < 1.29 is 53.3 Å². The highest BCUT2D eigenvalue weighted by Gasteiger charge is 2.26. The number of carbonyl (C=O) groups is 1. The number of carboxylic acids is 1. The molecule has 35 heavy (non-hydrogen) atoms. The molecule has 2 aliphatic rings. The number of nitrogens with two attached hydrogens (primary N) is 4. The maximum Gasteiger partial charge on any atom is 0.349 e. The standard InChI is InChI=1S/C23H28N6O4.2ClH/c24-22(25)28-9-7-14-1-6-18(11-16(14)12-28)33-20(21(30)31)15-2-4-17(5-3-15)32-19-8-10-29(13-19)23(26)27;;/h1-6,11,19-20H,7-10,12-13H2,(H7,24,25,26,27,30,31);2*1H/t19-,20?;;/m0../s1. The van der Waals surface area contributed by atoms with E-state index < -0.39 is 12.1 Å². The van der Waals surface area contributed by atoms with Crippen LogP contribution in [0.15, 0.2) is 42.5 Å². The van der Waals surface area contributed by atoms with Gasteiger partial charge < -0.3 is 39.4 Å². The van der Waals surface area contributed by atoms with E-state index in [9.17, 15) is 9.90 Å². The van der Waals surface area contributed by atoms with Crippen molar-refractivity contribution in [2.75, 3.05) is 19.6 Å². The maximum atomic E-state index is 12.0. The Hall–Kier alpha value is -3.37. The minimum atomic E-state index is -1.16. The zero-order valence-electron chi connectivity index (χ0n) is 19.1. The van der Waals surface area contributed by atoms with Crippen molar-refractivity contribution in [2.24, 2.45) is 22.9 Å². The molecule has 10 nitrogen and oxygen atoms in total. The summed E-state index contributed by atoms with van der Waals surface area (Å²) in [6.07, 6.45) is 0.436. The number of hydrogen-bond donors (Lipinski definition) is 5. The third kappa shape index (κ3) is 6.61. The highest BCUT2D eigenvalue weighted by Crippen LogP contribution is 2.28. The van der Waals surface area contributed by atoms with Crippen LogP contribution in [0.25, 0.3) is 0 Å². The van der Waals surface area contributed by atoms with E-state index in [1.54, 1.807) is 30.3 Å². The Labute approximate surface area is 216 Å². The first-order valence-corrected chi connectivity index (χ1v) is 10.8. The van der Waals surface area contributed by atoms with Crippen molar-refractivity contribution in [1.82, 2.24) is 0 Å². The molecule has 0 bridgehead atoms. The molecule has 1 unspecified atom stereocenters. The van der Waals surface area contributed by atoms with E-state index in [0.717, 1.165) is 31.5 Å². The van der Waals surface area contributed by atoms with Gasteiger partial charge in [0.05, 0.1) is 19.6 Å². The summed E-state index contributed by atoms with van der Waals surface area (Å²) in [5.41, 5.74) is 25.4. The van der Waals surface area contributed by atoms with Crippen molar-refractivity contribution in [1.29, 1.82) is 0 Å². The highest BCUT2D eigenvalue weighted by atomic mass is 35.5. The first-order valence-electron chi connectivity index (χ1n) is 10.8. The van der Waals surface area contributed by atoms with E-state index in [0.29, 0.717) is 30.2 Å². The molecular weight excluding hydrogens is 495 g/mol. The lowest BCUT2D eigenvalue weighted by Crippen LogP contribution is -3.00. The van der Waals surface area contributed by atoms with Crippen molar-refractivity contribution >= 4 is 17.9 Å². The van der Waals surface area contributed by atoms with Gasteiger partial charge >= 0.3 is 17.9 Å². The zero-order valence-corrected chi connectivity index (χ0v) is 20.6. The molecule has 4 rings (SSSR count). The Morgan fingerprint density at radius 3 is 2.17 bits per heavy atom. The summed E-state index contributed by atoms with van der Waals surface area (Å²) in [5.74, 6) is 0.600. The molecule has 2 heterocycles. The van der Waals surface area contributed by atoms with Crippen molar-refractivity contribution in [3.8, 4) is 11.5 Å². The first kappa shape index (κ1) is 27.9. The predicted octanol–water partition coefficient (Wildman–Crippen LogP) is -6.32. The van der Waals surface area contributed by atoms with E-state index >= 15 is 0 Å². The summed E-state index contributed by atoms with van der Waals surface area (Å²) < 4.78 is 15.6. The Balaban J connectivity index is 0.00000216. The van der Waals surface area contributed by atoms with E-state index in [2.05, 4.69) is 0 Å². The van der Waals surface area contributed by atoms with Crippen LogP contribution < -0.4 is 57.2 Å². The number of benzene rings is 2. The molecule has 0 spiro atoms. The lowest BCUT2D eigenvalue weighted by atomic mass is 10.0. The normalized spacial score (nSPS) is 17.3. The highest BCUT2D eigenvalue weighted by molar-refractivity contribution is 5.75. The summed E-state index contributed by atoms with van der Waals surface area (Å²) in [6.45, 7) is 2.67. The number of guanidine groups is 2. The lowest BCUT2D eigenvalue weighted by Gasteiger charge is -2.21. The zero-order chi connectivity index (χ0) is 23.5. The molecule has 0 aromatic heterocycles. The van der Waals surface area contributed by atoms with Gasteiger partial charge in [-0.25, -0.2) is 4.79 Å². The van der Waals surface area contributed by atoms with Gasteiger partial charge in [0.2, 0.25) is 6.10 Å². The second-order valence-electron chi connectivity index (χ2n) is 8.33. The van der Waals surface area contributed by atoms with Gasteiger partial charge in [-0.2, -0.15) is 0 Å². The van der Waals surface area contributed by atoms with Gasteiger partial charge in [0.15, 0.2) is 0 Å². The van der Waals surface area contributed by atoms with Crippen LogP contribution in [0.2, 0.25) is 0 Å². The fraction of sp³-hybridized carbons (Fsp3) is 0.348. The third-order valence-electron chi connectivity index (χ3n) is 6.03.